The van der Waals surface area contributed by atoms with E-state index in [4.69, 9.17) is 9.15 Å². The molecule has 2 heterocycles. The first-order valence-electron chi connectivity index (χ1n) is 10.7. The number of aromatic hydroxyl groups is 1. The highest BCUT2D eigenvalue weighted by Crippen LogP contribution is 2.35. The van der Waals surface area contributed by atoms with E-state index < -0.39 is 0 Å². The number of rotatable bonds is 4. The Labute approximate surface area is 189 Å². The van der Waals surface area contributed by atoms with Gasteiger partial charge >= 0.3 is 6.01 Å². The molecule has 6 heteroatoms. The second-order valence-corrected chi connectivity index (χ2v) is 7.72. The standard InChI is InChI=1S/C27H19N3O3/c1-2-32-27-29-25(28-26(30-27)20-9-5-6-10-22(20)31)18-11-12-19-21-13-16-7-3-4-8-17(16)14-24(21)33-23(19)15-18/h3-15,31H,2H2,1H3. The van der Waals surface area contributed by atoms with Crippen molar-refractivity contribution in [1.82, 2.24) is 15.0 Å². The summed E-state index contributed by atoms with van der Waals surface area (Å²) in [6.45, 7) is 2.29. The molecule has 6 rings (SSSR count). The molecule has 0 atom stereocenters. The van der Waals surface area contributed by atoms with E-state index in [9.17, 15) is 5.11 Å². The van der Waals surface area contributed by atoms with E-state index in [-0.39, 0.29) is 11.8 Å². The van der Waals surface area contributed by atoms with E-state index in [0.717, 1.165) is 32.9 Å². The van der Waals surface area contributed by atoms with Crippen molar-refractivity contribution in [3.05, 3.63) is 78.9 Å². The molecule has 1 N–H and O–H groups in total. The van der Waals surface area contributed by atoms with Crippen molar-refractivity contribution in [3.8, 4) is 34.5 Å². The van der Waals surface area contributed by atoms with Crippen LogP contribution in [-0.4, -0.2) is 26.7 Å². The van der Waals surface area contributed by atoms with Gasteiger partial charge in [-0.25, -0.2) is 4.98 Å². The molecule has 0 aliphatic rings. The van der Waals surface area contributed by atoms with Gasteiger partial charge in [0.2, 0.25) is 0 Å². The molecule has 0 bridgehead atoms. The predicted molar refractivity (Wildman–Crippen MR) is 128 cm³/mol. The maximum atomic E-state index is 10.3. The summed E-state index contributed by atoms with van der Waals surface area (Å²) in [4.78, 5) is 13.5. The highest BCUT2D eigenvalue weighted by molar-refractivity contribution is 6.10. The van der Waals surface area contributed by atoms with E-state index in [1.165, 1.54) is 5.39 Å². The van der Waals surface area contributed by atoms with Gasteiger partial charge in [-0.15, -0.1) is 0 Å². The van der Waals surface area contributed by atoms with Gasteiger partial charge in [0.15, 0.2) is 11.6 Å². The van der Waals surface area contributed by atoms with Crippen LogP contribution in [0.5, 0.6) is 11.8 Å². The summed E-state index contributed by atoms with van der Waals surface area (Å²) in [5, 5.41) is 14.7. The van der Waals surface area contributed by atoms with Gasteiger partial charge in [0.25, 0.3) is 0 Å². The molecule has 0 fully saturated rings. The molecular weight excluding hydrogens is 414 g/mol. The molecule has 0 amide bonds. The van der Waals surface area contributed by atoms with Crippen LogP contribution in [0.2, 0.25) is 0 Å². The van der Waals surface area contributed by atoms with E-state index in [2.05, 4.69) is 39.2 Å². The third kappa shape index (κ3) is 3.32. The molecule has 0 aliphatic carbocycles. The number of nitrogens with zero attached hydrogens (tertiary/aromatic N) is 3. The van der Waals surface area contributed by atoms with Crippen LogP contribution in [0.25, 0.3) is 55.5 Å². The number of aromatic nitrogens is 3. The van der Waals surface area contributed by atoms with E-state index in [1.54, 1.807) is 18.2 Å². The fraction of sp³-hybridized carbons (Fsp3) is 0.0741. The van der Waals surface area contributed by atoms with Crippen molar-refractivity contribution in [2.75, 3.05) is 6.61 Å². The Morgan fingerprint density at radius 3 is 2.30 bits per heavy atom. The van der Waals surface area contributed by atoms with Crippen LogP contribution in [0.4, 0.5) is 0 Å². The Hall–Kier alpha value is -4.45. The molecule has 2 aromatic heterocycles. The molecule has 4 aromatic carbocycles. The number of phenols is 1. The largest absolute Gasteiger partial charge is 0.507 e. The van der Waals surface area contributed by atoms with Crippen LogP contribution in [0, 0.1) is 0 Å². The van der Waals surface area contributed by atoms with Gasteiger partial charge in [-0.05, 0) is 54.1 Å². The number of furan rings is 1. The van der Waals surface area contributed by atoms with Crippen LogP contribution in [0.3, 0.4) is 0 Å². The van der Waals surface area contributed by atoms with E-state index in [0.29, 0.717) is 23.8 Å². The maximum Gasteiger partial charge on any atom is 0.320 e. The molecule has 0 aliphatic heterocycles. The third-order valence-corrected chi connectivity index (χ3v) is 5.63. The van der Waals surface area contributed by atoms with Gasteiger partial charge in [-0.3, -0.25) is 0 Å². The van der Waals surface area contributed by atoms with Crippen LogP contribution < -0.4 is 4.74 Å². The van der Waals surface area contributed by atoms with E-state index in [1.807, 2.05) is 43.3 Å². The number of para-hydroxylation sites is 1. The zero-order valence-corrected chi connectivity index (χ0v) is 17.8. The Morgan fingerprint density at radius 1 is 0.758 bits per heavy atom. The lowest BCUT2D eigenvalue weighted by atomic mass is 10.1. The number of fused-ring (bicyclic) bond motifs is 4. The second kappa shape index (κ2) is 7.60. The molecule has 0 saturated carbocycles. The number of ether oxygens (including phenoxy) is 1. The summed E-state index contributed by atoms with van der Waals surface area (Å²) in [6.07, 6.45) is 0. The average molecular weight is 433 g/mol. The monoisotopic (exact) mass is 433 g/mol. The quantitative estimate of drug-likeness (QED) is 0.348. The summed E-state index contributed by atoms with van der Waals surface area (Å²) in [7, 11) is 0. The number of hydrogen-bond acceptors (Lipinski definition) is 6. The SMILES string of the molecule is CCOc1nc(-c2ccc3c(c2)oc2cc4ccccc4cc23)nc(-c2ccccc2O)n1. The number of hydrogen-bond donors (Lipinski definition) is 1. The molecule has 6 aromatic rings. The minimum atomic E-state index is 0.0944. The molecule has 0 radical (unpaired) electrons. The maximum absolute atomic E-state index is 10.3. The lowest BCUT2D eigenvalue weighted by Gasteiger charge is -2.08. The zero-order chi connectivity index (χ0) is 22.4. The van der Waals surface area contributed by atoms with Crippen molar-refractivity contribution in [1.29, 1.82) is 0 Å². The van der Waals surface area contributed by atoms with Crippen LogP contribution in [-0.2, 0) is 0 Å². The molecule has 0 unspecified atom stereocenters. The van der Waals surface area contributed by atoms with Gasteiger partial charge < -0.3 is 14.3 Å². The summed E-state index contributed by atoms with van der Waals surface area (Å²) in [6, 6.07) is 25.5. The lowest BCUT2D eigenvalue weighted by Crippen LogP contribution is -2.03. The third-order valence-electron chi connectivity index (χ3n) is 5.63. The normalized spacial score (nSPS) is 11.4. The van der Waals surface area contributed by atoms with Gasteiger partial charge in [0.05, 0.1) is 12.2 Å². The van der Waals surface area contributed by atoms with E-state index >= 15 is 0 Å². The molecule has 160 valence electrons. The Morgan fingerprint density at radius 2 is 1.48 bits per heavy atom. The topological polar surface area (TPSA) is 81.3 Å². The summed E-state index contributed by atoms with van der Waals surface area (Å²) >= 11 is 0. The Kier molecular flexibility index (Phi) is 4.43. The fourth-order valence-electron chi connectivity index (χ4n) is 4.06. The average Bonchev–Trinajstić information content (AvgIpc) is 3.19. The first-order chi connectivity index (χ1) is 16.2. The minimum Gasteiger partial charge on any atom is -0.507 e. The minimum absolute atomic E-state index is 0.0944. The van der Waals surface area contributed by atoms with Crippen LogP contribution in [0.1, 0.15) is 6.92 Å². The molecule has 0 spiro atoms. The van der Waals surface area contributed by atoms with Gasteiger partial charge in [-0.2, -0.15) is 9.97 Å². The second-order valence-electron chi connectivity index (χ2n) is 7.72. The smallest absolute Gasteiger partial charge is 0.320 e. The van der Waals surface area contributed by atoms with Gasteiger partial charge in [0.1, 0.15) is 16.9 Å². The van der Waals surface area contributed by atoms with Crippen LogP contribution >= 0.6 is 0 Å². The fourth-order valence-corrected chi connectivity index (χ4v) is 4.06. The number of benzene rings is 4. The van der Waals surface area contributed by atoms with Crippen molar-refractivity contribution >= 4 is 32.7 Å². The predicted octanol–water partition coefficient (Wildman–Crippen LogP) is 6.36. The van der Waals surface area contributed by atoms with Gasteiger partial charge in [-0.1, -0.05) is 42.5 Å². The molecule has 6 nitrogen and oxygen atoms in total. The Balaban J connectivity index is 1.52. The molecule has 0 saturated heterocycles. The van der Waals surface area contributed by atoms with Crippen molar-refractivity contribution in [3.63, 3.8) is 0 Å². The van der Waals surface area contributed by atoms with Crippen molar-refractivity contribution < 1.29 is 14.3 Å². The van der Waals surface area contributed by atoms with Crippen LogP contribution in [0.15, 0.2) is 83.3 Å². The Bertz CT molecular complexity index is 1660. The number of phenolic OH excluding ortho intramolecular Hbond substituents is 1. The molecular formula is C27H19N3O3. The lowest BCUT2D eigenvalue weighted by molar-refractivity contribution is 0.312. The summed E-state index contributed by atoms with van der Waals surface area (Å²) < 4.78 is 11.8. The summed E-state index contributed by atoms with van der Waals surface area (Å²) in [5.74, 6) is 0.883. The van der Waals surface area contributed by atoms with Gasteiger partial charge in [0, 0.05) is 16.3 Å². The zero-order valence-electron chi connectivity index (χ0n) is 17.8. The first-order valence-corrected chi connectivity index (χ1v) is 10.7. The van der Waals surface area contributed by atoms with Crippen molar-refractivity contribution in [2.24, 2.45) is 0 Å². The highest BCUT2D eigenvalue weighted by atomic mass is 16.5. The highest BCUT2D eigenvalue weighted by Gasteiger charge is 2.16. The van der Waals surface area contributed by atoms with Crippen molar-refractivity contribution in [2.45, 2.75) is 6.92 Å². The first kappa shape index (κ1) is 19.3. The molecule has 33 heavy (non-hydrogen) atoms. The summed E-state index contributed by atoms with van der Waals surface area (Å²) in [5.41, 5.74) is 2.87.